The highest BCUT2D eigenvalue weighted by Crippen LogP contribution is 2.27. The smallest absolute Gasteiger partial charge is 0.335 e. The number of halogens is 1. The van der Waals surface area contributed by atoms with Gasteiger partial charge in [0.25, 0.3) is 0 Å². The van der Waals surface area contributed by atoms with Crippen LogP contribution < -0.4 is 0 Å². The highest BCUT2D eigenvalue weighted by molar-refractivity contribution is 9.10. The molecule has 0 saturated carbocycles. The Balaban J connectivity index is 2.12. The van der Waals surface area contributed by atoms with Crippen molar-refractivity contribution >= 4 is 33.7 Å². The van der Waals surface area contributed by atoms with Crippen molar-refractivity contribution in [1.82, 2.24) is 4.98 Å². The third-order valence-corrected chi connectivity index (χ3v) is 4.45. The maximum atomic E-state index is 10.9. The lowest BCUT2D eigenvalue weighted by Crippen LogP contribution is -1.97. The lowest BCUT2D eigenvalue weighted by Gasteiger charge is -2.07. The fourth-order valence-corrected chi connectivity index (χ4v) is 3.56. The second-order valence-corrected chi connectivity index (χ2v) is 6.37. The minimum Gasteiger partial charge on any atom is -0.478 e. The van der Waals surface area contributed by atoms with Crippen molar-refractivity contribution in [3.8, 4) is 0 Å². The SMILES string of the molecule is Cc1cc(C)nc(SCc2ccc(C(=O)O)cc2Br)c1. The molecule has 1 heterocycles. The van der Waals surface area contributed by atoms with Crippen molar-refractivity contribution < 1.29 is 9.90 Å². The monoisotopic (exact) mass is 351 g/mol. The number of nitrogens with zero attached hydrogens (tertiary/aromatic N) is 1. The minimum absolute atomic E-state index is 0.287. The second-order valence-electron chi connectivity index (χ2n) is 4.52. The zero-order valence-electron chi connectivity index (χ0n) is 11.2. The number of pyridine rings is 1. The summed E-state index contributed by atoms with van der Waals surface area (Å²) < 4.78 is 0.814. The number of rotatable bonds is 4. The van der Waals surface area contributed by atoms with E-state index in [4.69, 9.17) is 5.11 Å². The first kappa shape index (κ1) is 15.1. The van der Waals surface area contributed by atoms with Gasteiger partial charge < -0.3 is 5.11 Å². The van der Waals surface area contributed by atoms with Crippen LogP contribution in [0.5, 0.6) is 0 Å². The van der Waals surface area contributed by atoms with Crippen molar-refractivity contribution in [1.29, 1.82) is 0 Å². The maximum absolute atomic E-state index is 10.9. The third-order valence-electron chi connectivity index (χ3n) is 2.75. The molecule has 0 saturated heterocycles. The number of carbonyl (C=O) groups is 1. The molecule has 1 N–H and O–H groups in total. The molecular formula is C15H14BrNO2S. The van der Waals surface area contributed by atoms with E-state index in [-0.39, 0.29) is 5.56 Å². The minimum atomic E-state index is -0.916. The normalized spacial score (nSPS) is 10.6. The van der Waals surface area contributed by atoms with Crippen LogP contribution in [0.1, 0.15) is 27.2 Å². The van der Waals surface area contributed by atoms with Gasteiger partial charge in [-0.2, -0.15) is 0 Å². The summed E-state index contributed by atoms with van der Waals surface area (Å²) in [5, 5.41) is 9.92. The number of thioether (sulfide) groups is 1. The van der Waals surface area contributed by atoms with Crippen molar-refractivity contribution in [2.75, 3.05) is 0 Å². The quantitative estimate of drug-likeness (QED) is 0.826. The van der Waals surface area contributed by atoms with E-state index in [1.54, 1.807) is 23.9 Å². The summed E-state index contributed by atoms with van der Waals surface area (Å²) in [5.41, 5.74) is 3.55. The van der Waals surface area contributed by atoms with Crippen LogP contribution in [0.2, 0.25) is 0 Å². The van der Waals surface area contributed by atoms with Gasteiger partial charge in [-0.25, -0.2) is 9.78 Å². The zero-order chi connectivity index (χ0) is 14.7. The molecule has 5 heteroatoms. The first-order chi connectivity index (χ1) is 9.45. The number of aromatic carboxylic acids is 1. The summed E-state index contributed by atoms with van der Waals surface area (Å²) in [7, 11) is 0. The Morgan fingerprint density at radius 3 is 2.65 bits per heavy atom. The molecular weight excluding hydrogens is 338 g/mol. The van der Waals surface area contributed by atoms with E-state index in [0.29, 0.717) is 0 Å². The Bertz CT molecular complexity index is 638. The molecule has 0 aliphatic carbocycles. The van der Waals surface area contributed by atoms with Crippen LogP contribution in [0.15, 0.2) is 39.8 Å². The summed E-state index contributed by atoms with van der Waals surface area (Å²) in [6.07, 6.45) is 0. The number of carboxylic acid groups (broad SMARTS) is 1. The van der Waals surface area contributed by atoms with Gasteiger partial charge in [-0.1, -0.05) is 22.0 Å². The predicted octanol–water partition coefficient (Wildman–Crippen LogP) is 4.45. The molecule has 0 fully saturated rings. The first-order valence-corrected chi connectivity index (χ1v) is 7.83. The highest BCUT2D eigenvalue weighted by Gasteiger charge is 2.08. The summed E-state index contributed by atoms with van der Waals surface area (Å²) >= 11 is 5.06. The van der Waals surface area contributed by atoms with Gasteiger partial charge in [0.2, 0.25) is 0 Å². The molecule has 0 bridgehead atoms. The average molecular weight is 352 g/mol. The van der Waals surface area contributed by atoms with E-state index in [1.807, 2.05) is 19.1 Å². The van der Waals surface area contributed by atoms with E-state index in [0.717, 1.165) is 26.5 Å². The second kappa shape index (κ2) is 6.41. The number of carboxylic acids is 1. The van der Waals surface area contributed by atoms with Crippen LogP contribution in [0.4, 0.5) is 0 Å². The number of aromatic nitrogens is 1. The van der Waals surface area contributed by atoms with Gasteiger partial charge in [-0.15, -0.1) is 11.8 Å². The average Bonchev–Trinajstić information content (AvgIpc) is 2.36. The number of hydrogen-bond acceptors (Lipinski definition) is 3. The summed E-state index contributed by atoms with van der Waals surface area (Å²) in [5.74, 6) is -0.169. The molecule has 1 aromatic carbocycles. The molecule has 104 valence electrons. The molecule has 2 rings (SSSR count). The molecule has 3 nitrogen and oxygen atoms in total. The van der Waals surface area contributed by atoms with E-state index in [2.05, 4.69) is 33.9 Å². The van der Waals surface area contributed by atoms with Gasteiger partial charge in [-0.05, 0) is 49.2 Å². The van der Waals surface area contributed by atoms with Gasteiger partial charge >= 0.3 is 5.97 Å². The topological polar surface area (TPSA) is 50.2 Å². The fourth-order valence-electron chi connectivity index (χ4n) is 1.83. The Morgan fingerprint density at radius 1 is 1.30 bits per heavy atom. The fraction of sp³-hybridized carbons (Fsp3) is 0.200. The largest absolute Gasteiger partial charge is 0.478 e. The van der Waals surface area contributed by atoms with E-state index in [9.17, 15) is 4.79 Å². The van der Waals surface area contributed by atoms with Gasteiger partial charge in [0, 0.05) is 15.9 Å². The van der Waals surface area contributed by atoms with E-state index in [1.165, 1.54) is 5.56 Å². The predicted molar refractivity (Wildman–Crippen MR) is 84.4 cm³/mol. The van der Waals surface area contributed by atoms with Crippen LogP contribution in [0, 0.1) is 13.8 Å². The van der Waals surface area contributed by atoms with Gasteiger partial charge in [-0.3, -0.25) is 0 Å². The summed E-state index contributed by atoms with van der Waals surface area (Å²) in [4.78, 5) is 15.4. The lowest BCUT2D eigenvalue weighted by molar-refractivity contribution is 0.0697. The lowest BCUT2D eigenvalue weighted by atomic mass is 10.1. The molecule has 0 atom stereocenters. The third kappa shape index (κ3) is 3.84. The zero-order valence-corrected chi connectivity index (χ0v) is 13.6. The summed E-state index contributed by atoms with van der Waals surface area (Å²) in [6.45, 7) is 4.03. The molecule has 0 unspecified atom stereocenters. The van der Waals surface area contributed by atoms with Gasteiger partial charge in [0.1, 0.15) is 0 Å². The Morgan fingerprint density at radius 2 is 2.05 bits per heavy atom. The Hall–Kier alpha value is -1.33. The molecule has 20 heavy (non-hydrogen) atoms. The van der Waals surface area contributed by atoms with Gasteiger partial charge in [0.05, 0.1) is 10.6 Å². The van der Waals surface area contributed by atoms with Crippen LogP contribution in [-0.4, -0.2) is 16.1 Å². The molecule has 0 radical (unpaired) electrons. The number of benzene rings is 1. The number of hydrogen-bond donors (Lipinski definition) is 1. The maximum Gasteiger partial charge on any atom is 0.335 e. The molecule has 0 aliphatic heterocycles. The molecule has 0 spiro atoms. The van der Waals surface area contributed by atoms with Gasteiger partial charge in [0.15, 0.2) is 0 Å². The van der Waals surface area contributed by atoms with Crippen molar-refractivity contribution in [3.05, 3.63) is 57.2 Å². The van der Waals surface area contributed by atoms with Crippen LogP contribution in [-0.2, 0) is 5.75 Å². The van der Waals surface area contributed by atoms with Crippen molar-refractivity contribution in [3.63, 3.8) is 0 Å². The van der Waals surface area contributed by atoms with E-state index >= 15 is 0 Å². The first-order valence-electron chi connectivity index (χ1n) is 6.05. The molecule has 1 aromatic heterocycles. The molecule has 0 amide bonds. The van der Waals surface area contributed by atoms with Crippen molar-refractivity contribution in [2.24, 2.45) is 0 Å². The van der Waals surface area contributed by atoms with Crippen LogP contribution >= 0.6 is 27.7 Å². The molecule has 2 aromatic rings. The standard InChI is InChI=1S/C15H14BrNO2S/c1-9-5-10(2)17-14(6-9)20-8-12-4-3-11(15(18)19)7-13(12)16/h3-7H,8H2,1-2H3,(H,18,19). The van der Waals surface area contributed by atoms with Crippen LogP contribution in [0.25, 0.3) is 0 Å². The number of aryl methyl sites for hydroxylation is 2. The summed E-state index contributed by atoms with van der Waals surface area (Å²) in [6, 6.07) is 9.19. The van der Waals surface area contributed by atoms with Crippen LogP contribution in [0.3, 0.4) is 0 Å². The van der Waals surface area contributed by atoms with E-state index < -0.39 is 5.97 Å². The highest BCUT2D eigenvalue weighted by atomic mass is 79.9. The van der Waals surface area contributed by atoms with Crippen molar-refractivity contribution in [2.45, 2.75) is 24.6 Å². The molecule has 0 aliphatic rings. The Labute approximate surface area is 130 Å². The Kier molecular flexibility index (Phi) is 4.83.